The lowest BCUT2D eigenvalue weighted by molar-refractivity contribution is 0.360. The lowest BCUT2D eigenvalue weighted by atomic mass is 9.80. The Morgan fingerprint density at radius 2 is 1.29 bits per heavy atom. The van der Waals surface area contributed by atoms with Crippen molar-refractivity contribution in [1.82, 2.24) is 0 Å². The van der Waals surface area contributed by atoms with Crippen LogP contribution in [-0.2, 0) is 5.41 Å². The molecule has 48 heavy (non-hydrogen) atoms. The van der Waals surface area contributed by atoms with Gasteiger partial charge in [-0.25, -0.2) is 0 Å². The Labute approximate surface area is 281 Å². The SMILES string of the molecule is C/C=C/C1(C)c2ccccc2-c2c1ccc1c2Oc2ccc(N(c3cccc(-c4ccccc4)c3)c3cccc4ccccc34)cc2O1. The Morgan fingerprint density at radius 3 is 2.19 bits per heavy atom. The lowest BCUT2D eigenvalue weighted by Gasteiger charge is -2.29. The van der Waals surface area contributed by atoms with Crippen LogP contribution in [0.3, 0.4) is 0 Å². The molecule has 1 atom stereocenters. The summed E-state index contributed by atoms with van der Waals surface area (Å²) in [6.45, 7) is 4.36. The first-order valence-corrected chi connectivity index (χ1v) is 16.5. The number of hydrogen-bond acceptors (Lipinski definition) is 3. The van der Waals surface area contributed by atoms with Crippen molar-refractivity contribution in [1.29, 1.82) is 0 Å². The van der Waals surface area contributed by atoms with Gasteiger partial charge in [0.1, 0.15) is 0 Å². The van der Waals surface area contributed by atoms with Gasteiger partial charge in [0, 0.05) is 28.1 Å². The van der Waals surface area contributed by atoms with E-state index in [0.29, 0.717) is 11.5 Å². The first-order valence-electron chi connectivity index (χ1n) is 16.5. The van der Waals surface area contributed by atoms with Crippen molar-refractivity contribution < 1.29 is 9.47 Å². The zero-order chi connectivity index (χ0) is 32.2. The molecule has 1 unspecified atom stereocenters. The molecule has 1 aliphatic carbocycles. The van der Waals surface area contributed by atoms with Gasteiger partial charge in [0.15, 0.2) is 23.0 Å². The summed E-state index contributed by atoms with van der Waals surface area (Å²) in [6.07, 6.45) is 4.42. The number of allylic oxidation sites excluding steroid dienone is 2. The molecule has 7 aromatic rings. The molecule has 0 fully saturated rings. The third-order valence-corrected chi connectivity index (χ3v) is 9.77. The van der Waals surface area contributed by atoms with E-state index < -0.39 is 0 Å². The monoisotopic (exact) mass is 619 g/mol. The number of anilines is 3. The largest absolute Gasteiger partial charge is 0.449 e. The van der Waals surface area contributed by atoms with Crippen LogP contribution in [0.2, 0.25) is 0 Å². The molecule has 0 saturated heterocycles. The average molecular weight is 620 g/mol. The molecule has 1 heterocycles. The van der Waals surface area contributed by atoms with E-state index in [-0.39, 0.29) is 5.41 Å². The lowest BCUT2D eigenvalue weighted by Crippen LogP contribution is -2.17. The zero-order valence-electron chi connectivity index (χ0n) is 26.9. The van der Waals surface area contributed by atoms with Crippen LogP contribution >= 0.6 is 0 Å². The number of benzene rings is 7. The van der Waals surface area contributed by atoms with Gasteiger partial charge in [-0.2, -0.15) is 0 Å². The molecule has 230 valence electrons. The number of hydrogen-bond donors (Lipinski definition) is 0. The Balaban J connectivity index is 1.18. The Bertz CT molecular complexity index is 2390. The summed E-state index contributed by atoms with van der Waals surface area (Å²) < 4.78 is 13.5. The van der Waals surface area contributed by atoms with Crippen LogP contribution in [0.15, 0.2) is 164 Å². The molecule has 3 nitrogen and oxygen atoms in total. The molecule has 3 heteroatoms. The molecule has 0 saturated carbocycles. The predicted octanol–water partition coefficient (Wildman–Crippen LogP) is 12.7. The van der Waals surface area contributed by atoms with Gasteiger partial charge in [0.2, 0.25) is 0 Å². The van der Waals surface area contributed by atoms with Crippen molar-refractivity contribution in [2.45, 2.75) is 19.3 Å². The van der Waals surface area contributed by atoms with E-state index in [1.165, 1.54) is 33.0 Å². The fraction of sp³-hybridized carbons (Fsp3) is 0.0667. The molecule has 7 aromatic carbocycles. The first kappa shape index (κ1) is 28.2. The Hall–Kier alpha value is -6.06. The van der Waals surface area contributed by atoms with Crippen LogP contribution < -0.4 is 14.4 Å². The minimum Gasteiger partial charge on any atom is -0.449 e. The molecule has 0 spiro atoms. The maximum Gasteiger partial charge on any atom is 0.178 e. The highest BCUT2D eigenvalue weighted by atomic mass is 16.6. The smallest absolute Gasteiger partial charge is 0.178 e. The molecule has 0 radical (unpaired) electrons. The first-order chi connectivity index (χ1) is 23.6. The highest BCUT2D eigenvalue weighted by Gasteiger charge is 2.41. The van der Waals surface area contributed by atoms with E-state index in [4.69, 9.17) is 9.47 Å². The molecular formula is C45H33NO2. The summed E-state index contributed by atoms with van der Waals surface area (Å²) >= 11 is 0. The quantitative estimate of drug-likeness (QED) is 0.179. The van der Waals surface area contributed by atoms with Gasteiger partial charge in [-0.1, -0.05) is 121 Å². The zero-order valence-corrected chi connectivity index (χ0v) is 26.9. The van der Waals surface area contributed by atoms with E-state index in [2.05, 4.69) is 176 Å². The van der Waals surface area contributed by atoms with Crippen molar-refractivity contribution in [3.63, 3.8) is 0 Å². The highest BCUT2D eigenvalue weighted by molar-refractivity contribution is 5.99. The molecule has 2 aliphatic rings. The second-order valence-electron chi connectivity index (χ2n) is 12.6. The van der Waals surface area contributed by atoms with Crippen molar-refractivity contribution >= 4 is 27.8 Å². The number of rotatable bonds is 5. The van der Waals surface area contributed by atoms with Crippen LogP contribution in [0, 0.1) is 0 Å². The molecule has 0 bridgehead atoms. The van der Waals surface area contributed by atoms with Crippen LogP contribution in [0.5, 0.6) is 23.0 Å². The summed E-state index contributed by atoms with van der Waals surface area (Å²) in [6, 6.07) is 53.4. The number of nitrogens with zero attached hydrogens (tertiary/aromatic N) is 1. The van der Waals surface area contributed by atoms with E-state index in [0.717, 1.165) is 39.7 Å². The maximum atomic E-state index is 6.77. The van der Waals surface area contributed by atoms with Crippen molar-refractivity contribution in [2.24, 2.45) is 0 Å². The summed E-state index contributed by atoms with van der Waals surface area (Å²) in [7, 11) is 0. The third kappa shape index (κ3) is 4.35. The summed E-state index contributed by atoms with van der Waals surface area (Å²) in [4.78, 5) is 2.31. The van der Waals surface area contributed by atoms with E-state index in [9.17, 15) is 0 Å². The minimum absolute atomic E-state index is 0.240. The summed E-state index contributed by atoms with van der Waals surface area (Å²) in [5.41, 5.74) is 10.0. The normalized spacial score (nSPS) is 15.6. The third-order valence-electron chi connectivity index (χ3n) is 9.77. The highest BCUT2D eigenvalue weighted by Crippen LogP contribution is 2.59. The van der Waals surface area contributed by atoms with Crippen LogP contribution in [0.25, 0.3) is 33.0 Å². The summed E-state index contributed by atoms with van der Waals surface area (Å²) in [5.74, 6) is 2.88. The van der Waals surface area contributed by atoms with Gasteiger partial charge in [-0.15, -0.1) is 0 Å². The fourth-order valence-corrected chi connectivity index (χ4v) is 7.57. The predicted molar refractivity (Wildman–Crippen MR) is 197 cm³/mol. The number of ether oxygens (including phenoxy) is 2. The Kier molecular flexibility index (Phi) is 6.48. The van der Waals surface area contributed by atoms with Gasteiger partial charge in [0.25, 0.3) is 0 Å². The Morgan fingerprint density at radius 1 is 0.562 bits per heavy atom. The van der Waals surface area contributed by atoms with Crippen molar-refractivity contribution in [2.75, 3.05) is 4.90 Å². The van der Waals surface area contributed by atoms with Crippen molar-refractivity contribution in [3.8, 4) is 45.3 Å². The molecule has 0 amide bonds. The van der Waals surface area contributed by atoms with Crippen LogP contribution in [0.1, 0.15) is 25.0 Å². The molecule has 0 aromatic heterocycles. The second-order valence-corrected chi connectivity index (χ2v) is 12.6. The fourth-order valence-electron chi connectivity index (χ4n) is 7.57. The maximum absolute atomic E-state index is 6.77. The van der Waals surface area contributed by atoms with E-state index in [1.54, 1.807) is 0 Å². The van der Waals surface area contributed by atoms with E-state index in [1.807, 2.05) is 6.07 Å². The van der Waals surface area contributed by atoms with Gasteiger partial charge in [0.05, 0.1) is 11.4 Å². The van der Waals surface area contributed by atoms with Crippen LogP contribution in [0.4, 0.5) is 17.1 Å². The minimum atomic E-state index is -0.240. The summed E-state index contributed by atoms with van der Waals surface area (Å²) in [5, 5.41) is 2.36. The second kappa shape index (κ2) is 11.0. The average Bonchev–Trinajstić information content (AvgIpc) is 3.39. The van der Waals surface area contributed by atoms with Gasteiger partial charge in [-0.3, -0.25) is 0 Å². The van der Waals surface area contributed by atoms with Gasteiger partial charge >= 0.3 is 0 Å². The number of fused-ring (bicyclic) bond motifs is 7. The molecule has 9 rings (SSSR count). The topological polar surface area (TPSA) is 21.7 Å². The standard InChI is InChI=1S/C45H33NO2/c1-3-27-45(2)37-21-10-9-20-36(37)43-38(45)24-26-41-44(43)48-40-25-23-34(29-42(40)47-41)46(39-22-12-16-31-15-7-8-19-35(31)39)33-18-11-17-32(28-33)30-13-5-4-6-14-30/h3-29H,1-2H3/b27-3+. The van der Waals surface area contributed by atoms with E-state index >= 15 is 0 Å². The van der Waals surface area contributed by atoms with Crippen molar-refractivity contribution in [3.05, 3.63) is 175 Å². The van der Waals surface area contributed by atoms with Gasteiger partial charge in [-0.05, 0) is 83.4 Å². The molecule has 1 aliphatic heterocycles. The molecule has 0 N–H and O–H groups in total. The van der Waals surface area contributed by atoms with Crippen LogP contribution in [-0.4, -0.2) is 0 Å². The molecular weight excluding hydrogens is 587 g/mol. The van der Waals surface area contributed by atoms with Gasteiger partial charge < -0.3 is 14.4 Å².